The van der Waals surface area contributed by atoms with Crippen molar-refractivity contribution < 1.29 is 15.1 Å². The predicted octanol–water partition coefficient (Wildman–Crippen LogP) is 6.19. The third-order valence-electron chi connectivity index (χ3n) is 6.35. The topological polar surface area (TPSA) is 76.5 Å². The molecule has 6 aromatic rings. The van der Waals surface area contributed by atoms with Gasteiger partial charge in [-0.15, -0.1) is 0 Å². The Labute approximate surface area is 210 Å². The quantitative estimate of drug-likeness (QED) is 0.216. The third kappa shape index (κ3) is 4.95. The second kappa shape index (κ2) is 10.6. The van der Waals surface area contributed by atoms with Gasteiger partial charge in [-0.3, -0.25) is 0 Å². The fourth-order valence-electron chi connectivity index (χ4n) is 4.84. The van der Waals surface area contributed by atoms with Crippen LogP contribution in [0.15, 0.2) is 121 Å². The molecule has 36 heavy (non-hydrogen) atoms. The lowest BCUT2D eigenvalue weighted by Crippen LogP contribution is -2.07. The van der Waals surface area contributed by atoms with Gasteiger partial charge >= 0.3 is 7.32 Å². The Morgan fingerprint density at radius 2 is 1.00 bits per heavy atom. The van der Waals surface area contributed by atoms with Gasteiger partial charge in [-0.2, -0.15) is 0 Å². The fraction of sp³-hybridized carbons (Fsp3) is 0.0323. The monoisotopic (exact) mass is 471 g/mol. The van der Waals surface area contributed by atoms with Crippen molar-refractivity contribution in [1.82, 2.24) is 4.98 Å². The van der Waals surface area contributed by atoms with Crippen LogP contribution < -0.4 is 0 Å². The van der Waals surface area contributed by atoms with Gasteiger partial charge in [0.25, 0.3) is 0 Å². The van der Waals surface area contributed by atoms with Crippen LogP contribution in [0.3, 0.4) is 0 Å². The lowest BCUT2D eigenvalue weighted by Gasteiger charge is -2.08. The third-order valence-corrected chi connectivity index (χ3v) is 6.35. The molecule has 0 bridgehead atoms. The molecule has 1 heterocycles. The Kier molecular flexibility index (Phi) is 6.96. The van der Waals surface area contributed by atoms with Crippen LogP contribution in [0, 0.1) is 0 Å². The van der Waals surface area contributed by atoms with Crippen molar-refractivity contribution in [1.29, 1.82) is 0 Å². The van der Waals surface area contributed by atoms with Gasteiger partial charge in [0.2, 0.25) is 0 Å². The number of fused-ring (bicyclic) bond motifs is 6. The average molecular weight is 471 g/mol. The molecule has 4 N–H and O–H groups in total. The van der Waals surface area contributed by atoms with Crippen LogP contribution in [-0.4, -0.2) is 27.4 Å². The minimum absolute atomic E-state index is 1.05. The molecule has 1 aromatic heterocycles. The van der Waals surface area contributed by atoms with E-state index in [2.05, 4.69) is 126 Å². The molecule has 0 radical (unpaired) electrons. The molecular formula is C31H26BNO3. The van der Waals surface area contributed by atoms with Gasteiger partial charge in [-0.1, -0.05) is 109 Å². The van der Waals surface area contributed by atoms with E-state index in [4.69, 9.17) is 15.1 Å². The Morgan fingerprint density at radius 3 is 1.67 bits per heavy atom. The zero-order chi connectivity index (χ0) is 24.9. The highest BCUT2D eigenvalue weighted by atomic mass is 16.5. The van der Waals surface area contributed by atoms with Crippen molar-refractivity contribution in [2.45, 2.75) is 6.42 Å². The summed E-state index contributed by atoms with van der Waals surface area (Å²) in [5.74, 6) is 0. The largest absolute Gasteiger partial charge is 0.631 e. The number of nitrogens with one attached hydrogen (secondary N) is 1. The number of aromatic amines is 1. The van der Waals surface area contributed by atoms with Crippen molar-refractivity contribution in [2.24, 2.45) is 0 Å². The van der Waals surface area contributed by atoms with E-state index in [0.29, 0.717) is 0 Å². The lowest BCUT2D eigenvalue weighted by atomic mass is 9.96. The number of hydrogen-bond donors (Lipinski definition) is 4. The fourth-order valence-corrected chi connectivity index (χ4v) is 4.84. The summed E-state index contributed by atoms with van der Waals surface area (Å²) in [5.41, 5.74) is 10.8. The van der Waals surface area contributed by atoms with Gasteiger partial charge < -0.3 is 20.1 Å². The predicted molar refractivity (Wildman–Crippen MR) is 148 cm³/mol. The van der Waals surface area contributed by atoms with Gasteiger partial charge in [0, 0.05) is 21.8 Å². The minimum Gasteiger partial charge on any atom is -0.402 e. The summed E-state index contributed by atoms with van der Waals surface area (Å²) in [4.78, 5) is 3.38. The molecule has 0 saturated heterocycles. The molecule has 0 saturated carbocycles. The van der Waals surface area contributed by atoms with Crippen molar-refractivity contribution >= 4 is 29.1 Å². The van der Waals surface area contributed by atoms with Crippen LogP contribution >= 0.6 is 0 Å². The van der Waals surface area contributed by atoms with Crippen molar-refractivity contribution in [2.75, 3.05) is 0 Å². The van der Waals surface area contributed by atoms with Crippen LogP contribution in [0.25, 0.3) is 44.1 Å². The van der Waals surface area contributed by atoms with E-state index in [9.17, 15) is 0 Å². The highest BCUT2D eigenvalue weighted by Crippen LogP contribution is 2.41. The molecule has 4 nitrogen and oxygen atoms in total. The molecule has 0 atom stereocenters. The summed E-state index contributed by atoms with van der Waals surface area (Å²) in [7, 11) is -2.17. The molecule has 5 aromatic carbocycles. The molecule has 0 unspecified atom stereocenters. The van der Waals surface area contributed by atoms with Crippen LogP contribution in [0.5, 0.6) is 0 Å². The van der Waals surface area contributed by atoms with E-state index in [1.54, 1.807) is 0 Å². The molecule has 5 heteroatoms. The number of aromatic nitrogens is 1. The van der Waals surface area contributed by atoms with Gasteiger partial charge in [0.1, 0.15) is 0 Å². The van der Waals surface area contributed by atoms with Gasteiger partial charge in [-0.25, -0.2) is 0 Å². The molecule has 0 aliphatic heterocycles. The minimum atomic E-state index is -2.17. The van der Waals surface area contributed by atoms with Crippen molar-refractivity contribution in [3.63, 3.8) is 0 Å². The maximum Gasteiger partial charge on any atom is 0.631 e. The molecule has 1 aliphatic carbocycles. The smallest absolute Gasteiger partial charge is 0.402 e. The molecule has 1 aliphatic rings. The zero-order valence-corrected chi connectivity index (χ0v) is 19.7. The van der Waals surface area contributed by atoms with Crippen LogP contribution in [0.2, 0.25) is 0 Å². The highest BCUT2D eigenvalue weighted by molar-refractivity contribution is 6.30. The zero-order valence-electron chi connectivity index (χ0n) is 19.7. The van der Waals surface area contributed by atoms with Crippen LogP contribution in [0.4, 0.5) is 0 Å². The molecule has 0 fully saturated rings. The summed E-state index contributed by atoms with van der Waals surface area (Å²) >= 11 is 0. The molecule has 7 rings (SSSR count). The Balaban J connectivity index is 0.000000136. The van der Waals surface area contributed by atoms with Gasteiger partial charge in [0.05, 0.1) is 0 Å². The summed E-state index contributed by atoms with van der Waals surface area (Å²) < 4.78 is 0. The maximum absolute atomic E-state index is 7.17. The second-order valence-electron chi connectivity index (χ2n) is 8.59. The van der Waals surface area contributed by atoms with Crippen molar-refractivity contribution in [3.8, 4) is 22.3 Å². The highest BCUT2D eigenvalue weighted by Gasteiger charge is 2.20. The second-order valence-corrected chi connectivity index (χ2v) is 8.59. The van der Waals surface area contributed by atoms with E-state index in [0.717, 1.165) is 6.42 Å². The first-order valence-electron chi connectivity index (χ1n) is 11.9. The number of H-pyrrole nitrogens is 1. The first kappa shape index (κ1) is 23.6. The summed E-state index contributed by atoms with van der Waals surface area (Å²) in [6.07, 6.45) is 1.05. The van der Waals surface area contributed by atoms with E-state index in [1.165, 1.54) is 55.2 Å². The van der Waals surface area contributed by atoms with Gasteiger partial charge in [-0.05, 0) is 51.9 Å². The Bertz CT molecular complexity index is 1560. The summed E-state index contributed by atoms with van der Waals surface area (Å²) in [6, 6.07) is 42.8. The summed E-state index contributed by atoms with van der Waals surface area (Å²) in [5, 5.41) is 24.1. The SMILES string of the molecule is OB(O)O.c1ccc(-c2cccc3c2Cc2ccccc2-3)cc1.c1ccc2c(c1)[nH]c1ccccc12. The normalized spacial score (nSPS) is 11.1. The van der Waals surface area contributed by atoms with E-state index < -0.39 is 7.32 Å². The van der Waals surface area contributed by atoms with E-state index in [-0.39, 0.29) is 0 Å². The standard InChI is InChI=1S/C19H14.C12H9N.BH3O3/c1-2-7-14(8-3-1)16-11-6-12-18-17-10-5-4-9-15(17)13-19(16)18;1-3-7-11-9(5-1)10-6-2-4-8-12(10)13-11;2-1(3)4/h1-12H,13H2;1-8,13H;2-4H. The molecule has 0 spiro atoms. The van der Waals surface area contributed by atoms with E-state index >= 15 is 0 Å². The Morgan fingerprint density at radius 1 is 0.500 bits per heavy atom. The Hall–Kier alpha value is -4.16. The first-order chi connectivity index (χ1) is 17.6. The summed E-state index contributed by atoms with van der Waals surface area (Å²) in [6.45, 7) is 0. The molecular weight excluding hydrogens is 445 g/mol. The van der Waals surface area contributed by atoms with Gasteiger partial charge in [0.15, 0.2) is 0 Å². The first-order valence-corrected chi connectivity index (χ1v) is 11.9. The number of benzene rings is 5. The number of hydrogen-bond acceptors (Lipinski definition) is 3. The average Bonchev–Trinajstić information content (AvgIpc) is 3.48. The lowest BCUT2D eigenvalue weighted by molar-refractivity contribution is 0.278. The molecule has 176 valence electrons. The molecule has 0 amide bonds. The van der Waals surface area contributed by atoms with Crippen LogP contribution in [0.1, 0.15) is 11.1 Å². The number of rotatable bonds is 1. The van der Waals surface area contributed by atoms with Crippen LogP contribution in [-0.2, 0) is 6.42 Å². The number of para-hydroxylation sites is 2. The van der Waals surface area contributed by atoms with Crippen molar-refractivity contribution in [3.05, 3.63) is 132 Å². The van der Waals surface area contributed by atoms with E-state index in [1.807, 2.05) is 0 Å². The maximum atomic E-state index is 7.17.